The predicted molar refractivity (Wildman–Crippen MR) is 89.2 cm³/mol. The van der Waals surface area contributed by atoms with Crippen LogP contribution in [0.4, 0.5) is 0 Å². The van der Waals surface area contributed by atoms with Gasteiger partial charge in [-0.25, -0.2) is 0 Å². The number of epoxide rings is 1. The first-order valence-corrected chi connectivity index (χ1v) is 8.02. The zero-order valence-corrected chi connectivity index (χ0v) is 14.1. The largest absolute Gasteiger partial charge is 0.366 e. The van der Waals surface area contributed by atoms with Gasteiger partial charge in [0.05, 0.1) is 18.3 Å². The summed E-state index contributed by atoms with van der Waals surface area (Å²) in [5.41, 5.74) is 3.00. The topological polar surface area (TPSA) is 21.8 Å². The van der Waals surface area contributed by atoms with E-state index in [0.717, 1.165) is 32.1 Å². The van der Waals surface area contributed by atoms with Gasteiger partial charge in [0.1, 0.15) is 6.61 Å². The summed E-state index contributed by atoms with van der Waals surface area (Å²) in [7, 11) is 0. The summed E-state index contributed by atoms with van der Waals surface area (Å²) in [5.74, 6) is 2.47. The van der Waals surface area contributed by atoms with Gasteiger partial charge in [-0.3, -0.25) is 0 Å². The van der Waals surface area contributed by atoms with E-state index in [-0.39, 0.29) is 5.60 Å². The molecule has 1 aliphatic heterocycles. The van der Waals surface area contributed by atoms with Gasteiger partial charge in [-0.15, -0.1) is 6.42 Å². The van der Waals surface area contributed by atoms with Crippen LogP contribution in [0.3, 0.4) is 0 Å². The molecule has 2 unspecified atom stereocenters. The van der Waals surface area contributed by atoms with E-state index >= 15 is 0 Å². The Bertz CT molecular complexity index is 414. The molecule has 118 valence electrons. The molecule has 2 nitrogen and oxygen atoms in total. The molecule has 0 aromatic carbocycles. The lowest BCUT2D eigenvalue weighted by atomic mass is 9.99. The molecule has 2 heteroatoms. The number of hydrogen-bond acceptors (Lipinski definition) is 2. The van der Waals surface area contributed by atoms with Gasteiger partial charge in [0, 0.05) is 0 Å². The third kappa shape index (κ3) is 6.98. The van der Waals surface area contributed by atoms with Crippen molar-refractivity contribution in [2.24, 2.45) is 0 Å². The van der Waals surface area contributed by atoms with E-state index < -0.39 is 0 Å². The van der Waals surface area contributed by atoms with E-state index in [0.29, 0.717) is 19.3 Å². The minimum absolute atomic E-state index is 0.165. The number of allylic oxidation sites excluding steroid dienone is 3. The molecule has 1 aliphatic rings. The fourth-order valence-electron chi connectivity index (χ4n) is 2.39. The Balaban J connectivity index is 2.13. The predicted octanol–water partition coefficient (Wildman–Crippen LogP) is 4.66. The maximum atomic E-state index is 5.75. The van der Waals surface area contributed by atoms with Crippen LogP contribution in [0.5, 0.6) is 0 Å². The van der Waals surface area contributed by atoms with E-state index in [1.54, 1.807) is 0 Å². The van der Waals surface area contributed by atoms with E-state index in [4.69, 9.17) is 15.9 Å². The van der Waals surface area contributed by atoms with Crippen molar-refractivity contribution in [3.63, 3.8) is 0 Å². The molecule has 0 spiro atoms. The summed E-state index contributed by atoms with van der Waals surface area (Å²) in [6, 6.07) is 0. The maximum absolute atomic E-state index is 5.75. The quantitative estimate of drug-likeness (QED) is 0.253. The SMILES string of the molecule is C#CCOC/C=C(\C)CC/C=C(\C)CCC1OC1(C)CC. The Morgan fingerprint density at radius 2 is 2.00 bits per heavy atom. The summed E-state index contributed by atoms with van der Waals surface area (Å²) in [6.07, 6.45) is 15.7. The van der Waals surface area contributed by atoms with Crippen molar-refractivity contribution in [1.29, 1.82) is 0 Å². The van der Waals surface area contributed by atoms with Gasteiger partial charge in [0.2, 0.25) is 0 Å². The van der Waals surface area contributed by atoms with Crippen molar-refractivity contribution in [3.8, 4) is 12.3 Å². The highest BCUT2D eigenvalue weighted by Crippen LogP contribution is 2.42. The average molecular weight is 290 g/mol. The minimum Gasteiger partial charge on any atom is -0.366 e. The summed E-state index contributed by atoms with van der Waals surface area (Å²) in [6.45, 7) is 9.79. The van der Waals surface area contributed by atoms with E-state index in [1.807, 2.05) is 0 Å². The highest BCUT2D eigenvalue weighted by atomic mass is 16.6. The van der Waals surface area contributed by atoms with Crippen molar-refractivity contribution in [2.75, 3.05) is 13.2 Å². The second-order valence-corrected chi connectivity index (χ2v) is 6.17. The summed E-state index contributed by atoms with van der Waals surface area (Å²) >= 11 is 0. The molecule has 0 bridgehead atoms. The van der Waals surface area contributed by atoms with Crippen LogP contribution in [0.15, 0.2) is 23.3 Å². The number of ether oxygens (including phenoxy) is 2. The third-order valence-corrected chi connectivity index (χ3v) is 4.30. The van der Waals surface area contributed by atoms with Gasteiger partial charge in [-0.1, -0.05) is 36.1 Å². The fraction of sp³-hybridized carbons (Fsp3) is 0.684. The van der Waals surface area contributed by atoms with Crippen LogP contribution in [0.2, 0.25) is 0 Å². The fourth-order valence-corrected chi connectivity index (χ4v) is 2.39. The van der Waals surface area contributed by atoms with Gasteiger partial charge in [0.15, 0.2) is 0 Å². The van der Waals surface area contributed by atoms with Crippen molar-refractivity contribution in [3.05, 3.63) is 23.3 Å². The van der Waals surface area contributed by atoms with E-state index in [9.17, 15) is 0 Å². The summed E-state index contributed by atoms with van der Waals surface area (Å²) < 4.78 is 11.0. The Hall–Kier alpha value is -1.04. The third-order valence-electron chi connectivity index (χ3n) is 4.30. The van der Waals surface area contributed by atoms with E-state index in [1.165, 1.54) is 11.1 Å². The molecule has 0 aliphatic carbocycles. The van der Waals surface area contributed by atoms with Crippen LogP contribution in [0.25, 0.3) is 0 Å². The van der Waals surface area contributed by atoms with Gasteiger partial charge < -0.3 is 9.47 Å². The number of rotatable bonds is 10. The van der Waals surface area contributed by atoms with Crippen molar-refractivity contribution >= 4 is 0 Å². The lowest BCUT2D eigenvalue weighted by Gasteiger charge is -2.03. The zero-order valence-electron chi connectivity index (χ0n) is 14.1. The molecular weight excluding hydrogens is 260 g/mol. The standard InChI is InChI=1S/C19H30O2/c1-6-14-20-15-13-17(4)10-8-9-16(3)11-12-18-19(5,7-2)21-18/h1,9,13,18H,7-8,10-12,14-15H2,2-5H3/b16-9+,17-13+. The highest BCUT2D eigenvalue weighted by molar-refractivity contribution is 5.06. The van der Waals surface area contributed by atoms with Crippen LogP contribution in [-0.4, -0.2) is 24.9 Å². The molecular formula is C19H30O2. The van der Waals surface area contributed by atoms with Crippen molar-refractivity contribution in [2.45, 2.75) is 71.5 Å². The Kier molecular flexibility index (Phi) is 7.78. The first-order chi connectivity index (χ1) is 10.0. The lowest BCUT2D eigenvalue weighted by molar-refractivity contribution is 0.198. The first-order valence-electron chi connectivity index (χ1n) is 8.02. The van der Waals surface area contributed by atoms with E-state index in [2.05, 4.69) is 45.8 Å². The van der Waals surface area contributed by atoms with Crippen LogP contribution < -0.4 is 0 Å². The van der Waals surface area contributed by atoms with Gasteiger partial charge in [0.25, 0.3) is 0 Å². The van der Waals surface area contributed by atoms with Crippen molar-refractivity contribution in [1.82, 2.24) is 0 Å². The Morgan fingerprint density at radius 1 is 1.29 bits per heavy atom. The molecule has 21 heavy (non-hydrogen) atoms. The monoisotopic (exact) mass is 290 g/mol. The van der Waals surface area contributed by atoms with Crippen LogP contribution in [-0.2, 0) is 9.47 Å². The Labute approximate surface area is 130 Å². The van der Waals surface area contributed by atoms with Crippen LogP contribution in [0.1, 0.15) is 59.8 Å². The smallest absolute Gasteiger partial charge is 0.107 e. The molecule has 1 heterocycles. The van der Waals surface area contributed by atoms with Crippen LogP contribution in [0, 0.1) is 12.3 Å². The second-order valence-electron chi connectivity index (χ2n) is 6.17. The van der Waals surface area contributed by atoms with Crippen molar-refractivity contribution < 1.29 is 9.47 Å². The normalized spacial score (nSPS) is 25.8. The molecule has 0 radical (unpaired) electrons. The number of hydrogen-bond donors (Lipinski definition) is 0. The first kappa shape index (κ1) is 18.0. The molecule has 0 amide bonds. The molecule has 0 aromatic heterocycles. The summed E-state index contributed by atoms with van der Waals surface area (Å²) in [5, 5.41) is 0. The number of terminal acetylenes is 1. The summed E-state index contributed by atoms with van der Waals surface area (Å²) in [4.78, 5) is 0. The molecule has 0 saturated carbocycles. The lowest BCUT2D eigenvalue weighted by Crippen LogP contribution is -2.07. The molecule has 0 aromatic rings. The maximum Gasteiger partial charge on any atom is 0.107 e. The van der Waals surface area contributed by atoms with Crippen LogP contribution >= 0.6 is 0 Å². The highest BCUT2D eigenvalue weighted by Gasteiger charge is 2.49. The van der Waals surface area contributed by atoms with Gasteiger partial charge >= 0.3 is 0 Å². The average Bonchev–Trinajstić information content (AvgIpc) is 3.13. The molecule has 1 rings (SSSR count). The second kappa shape index (κ2) is 9.07. The molecule has 1 saturated heterocycles. The zero-order chi connectivity index (χ0) is 15.7. The van der Waals surface area contributed by atoms with Gasteiger partial charge in [-0.2, -0.15) is 0 Å². The molecule has 2 atom stereocenters. The molecule has 0 N–H and O–H groups in total. The Morgan fingerprint density at radius 3 is 2.62 bits per heavy atom. The van der Waals surface area contributed by atoms with Gasteiger partial charge in [-0.05, 0) is 52.9 Å². The molecule has 1 fully saturated rings. The minimum atomic E-state index is 0.165.